The highest BCUT2D eigenvalue weighted by Crippen LogP contribution is 2.33. The van der Waals surface area contributed by atoms with E-state index in [4.69, 9.17) is 14.2 Å². The third kappa shape index (κ3) is 8.29. The van der Waals surface area contributed by atoms with Gasteiger partial charge in [-0.3, -0.25) is 19.2 Å². The normalized spacial score (nSPS) is 11.4. The van der Waals surface area contributed by atoms with Gasteiger partial charge in [-0.15, -0.1) is 0 Å². The van der Waals surface area contributed by atoms with Gasteiger partial charge in [-0.25, -0.2) is 0 Å². The zero-order valence-electron chi connectivity index (χ0n) is 25.9. The van der Waals surface area contributed by atoms with E-state index < -0.39 is 47.6 Å². The smallest absolute Gasteiger partial charge is 0.416 e. The van der Waals surface area contributed by atoms with E-state index >= 15 is 0 Å². The Labute approximate surface area is 283 Å². The topological polar surface area (TPSA) is 108 Å². The molecule has 0 saturated carbocycles. The van der Waals surface area contributed by atoms with Gasteiger partial charge in [0, 0.05) is 10.0 Å². The van der Waals surface area contributed by atoms with Gasteiger partial charge in [0.05, 0.1) is 30.9 Å². The molecule has 48 heavy (non-hydrogen) atoms. The van der Waals surface area contributed by atoms with E-state index in [9.17, 15) is 32.3 Å². The molecule has 0 atom stereocenters. The van der Waals surface area contributed by atoms with Gasteiger partial charge < -0.3 is 19.5 Å². The van der Waals surface area contributed by atoms with Crippen LogP contribution in [0.2, 0.25) is 0 Å². The van der Waals surface area contributed by atoms with Crippen LogP contribution in [0.15, 0.2) is 102 Å². The maximum Gasteiger partial charge on any atom is 0.416 e. The summed E-state index contributed by atoms with van der Waals surface area (Å²) in [6.45, 7) is 2.50. The van der Waals surface area contributed by atoms with Gasteiger partial charge in [0.15, 0.2) is 0 Å². The number of amides is 1. The second-order valence-electron chi connectivity index (χ2n) is 10.4. The molecule has 1 amide bonds. The maximum atomic E-state index is 13.3. The van der Waals surface area contributed by atoms with E-state index in [1.807, 2.05) is 0 Å². The Balaban J connectivity index is 1.48. The molecule has 8 nitrogen and oxygen atoms in total. The van der Waals surface area contributed by atoms with Crippen LogP contribution in [-0.4, -0.2) is 43.6 Å². The molecule has 4 aromatic carbocycles. The number of esters is 3. The van der Waals surface area contributed by atoms with Crippen LogP contribution < -0.4 is 5.32 Å². The number of carbonyl (C=O) groups excluding carboxylic acids is 4. The molecule has 0 fully saturated rings. The van der Waals surface area contributed by atoms with Crippen molar-refractivity contribution >= 4 is 45.4 Å². The van der Waals surface area contributed by atoms with Crippen molar-refractivity contribution in [2.24, 2.45) is 0 Å². The summed E-state index contributed by atoms with van der Waals surface area (Å²) < 4.78 is 55.5. The van der Waals surface area contributed by atoms with Crippen LogP contribution in [-0.2, 0) is 46.6 Å². The van der Waals surface area contributed by atoms with Crippen molar-refractivity contribution in [1.82, 2.24) is 0 Å². The zero-order chi connectivity index (χ0) is 34.9. The van der Waals surface area contributed by atoms with Crippen LogP contribution in [0.1, 0.15) is 40.9 Å². The standard InChI is InChI=1S/C36H31BrF3NO7/c1-3-46-33(44)35(34(45)47-4-2,25-10-6-5-7-11-25)22-48-31(42)21-23-14-19-30(29(37)20-23)41-32(43)28-13-9-8-12-27(28)24-15-17-26(18-16-24)36(38,39)40/h5-20H,3-4,21-22H2,1-2H3,(H,41,43). The Hall–Kier alpha value is -4.97. The van der Waals surface area contributed by atoms with Gasteiger partial charge >= 0.3 is 24.1 Å². The second kappa shape index (κ2) is 15.7. The molecule has 1 N–H and O–H groups in total. The third-order valence-corrected chi connectivity index (χ3v) is 7.95. The van der Waals surface area contributed by atoms with Crippen molar-refractivity contribution in [3.05, 3.63) is 124 Å². The molecule has 4 aromatic rings. The first kappa shape index (κ1) is 35.9. The predicted octanol–water partition coefficient (Wildman–Crippen LogP) is 7.54. The fraction of sp³-hybridized carbons (Fsp3) is 0.222. The Kier molecular flexibility index (Phi) is 11.8. The average molecular weight is 727 g/mol. The molecule has 0 aliphatic heterocycles. The first-order chi connectivity index (χ1) is 22.9. The number of rotatable bonds is 12. The van der Waals surface area contributed by atoms with Gasteiger partial charge in [0.25, 0.3) is 5.91 Å². The fourth-order valence-electron chi connectivity index (χ4n) is 4.89. The molecule has 0 aromatic heterocycles. The molecular weight excluding hydrogens is 695 g/mol. The molecule has 0 spiro atoms. The lowest BCUT2D eigenvalue weighted by molar-refractivity contribution is -0.170. The number of hydrogen-bond donors (Lipinski definition) is 1. The van der Waals surface area contributed by atoms with Crippen LogP contribution >= 0.6 is 15.9 Å². The van der Waals surface area contributed by atoms with E-state index in [2.05, 4.69) is 21.2 Å². The van der Waals surface area contributed by atoms with Crippen LogP contribution in [0.25, 0.3) is 11.1 Å². The van der Waals surface area contributed by atoms with Crippen molar-refractivity contribution in [3.8, 4) is 11.1 Å². The molecule has 0 unspecified atom stereocenters. The van der Waals surface area contributed by atoms with Gasteiger partial charge in [-0.1, -0.05) is 66.7 Å². The largest absolute Gasteiger partial charge is 0.465 e. The Morgan fingerprint density at radius 1 is 0.729 bits per heavy atom. The molecule has 0 aliphatic rings. The van der Waals surface area contributed by atoms with Gasteiger partial charge in [-0.05, 0) is 82.4 Å². The van der Waals surface area contributed by atoms with Crippen molar-refractivity contribution in [2.75, 3.05) is 25.1 Å². The highest BCUT2D eigenvalue weighted by Gasteiger charge is 2.52. The molecule has 4 rings (SSSR count). The Bertz CT molecular complexity index is 1760. The number of ether oxygens (including phenoxy) is 3. The van der Waals surface area contributed by atoms with Crippen molar-refractivity contribution < 1.29 is 46.6 Å². The summed E-state index contributed by atoms with van der Waals surface area (Å²) in [7, 11) is 0. The van der Waals surface area contributed by atoms with E-state index in [-0.39, 0.29) is 30.8 Å². The highest BCUT2D eigenvalue weighted by molar-refractivity contribution is 9.10. The van der Waals surface area contributed by atoms with Crippen molar-refractivity contribution in [1.29, 1.82) is 0 Å². The Morgan fingerprint density at radius 3 is 1.92 bits per heavy atom. The number of nitrogens with one attached hydrogen (secondary N) is 1. The summed E-state index contributed by atoms with van der Waals surface area (Å²) in [5.74, 6) is -3.07. The predicted molar refractivity (Wildman–Crippen MR) is 175 cm³/mol. The third-order valence-electron chi connectivity index (χ3n) is 7.29. The molecule has 0 saturated heterocycles. The highest BCUT2D eigenvalue weighted by atomic mass is 79.9. The first-order valence-corrected chi connectivity index (χ1v) is 15.6. The fourth-order valence-corrected chi connectivity index (χ4v) is 5.41. The quantitative estimate of drug-likeness (QED) is 0.0914. The van der Waals surface area contributed by atoms with Crippen LogP contribution in [0.5, 0.6) is 0 Å². The van der Waals surface area contributed by atoms with E-state index in [1.54, 1.807) is 86.6 Å². The van der Waals surface area contributed by atoms with E-state index in [1.165, 1.54) is 12.1 Å². The van der Waals surface area contributed by atoms with Gasteiger partial charge in [0.1, 0.15) is 6.61 Å². The number of hydrogen-bond acceptors (Lipinski definition) is 7. The van der Waals surface area contributed by atoms with E-state index in [0.717, 1.165) is 12.1 Å². The van der Waals surface area contributed by atoms with Crippen LogP contribution in [0, 0.1) is 0 Å². The summed E-state index contributed by atoms with van der Waals surface area (Å²) in [5, 5.41) is 2.78. The number of carbonyl (C=O) groups is 4. The lowest BCUT2D eigenvalue weighted by Gasteiger charge is -2.29. The lowest BCUT2D eigenvalue weighted by Crippen LogP contribution is -2.50. The lowest BCUT2D eigenvalue weighted by atomic mass is 9.81. The van der Waals surface area contributed by atoms with Crippen molar-refractivity contribution in [3.63, 3.8) is 0 Å². The molecule has 250 valence electrons. The minimum atomic E-state index is -4.48. The number of halogens is 4. The second-order valence-corrected chi connectivity index (χ2v) is 11.3. The molecule has 0 radical (unpaired) electrons. The molecule has 0 bridgehead atoms. The SMILES string of the molecule is CCOC(=O)C(COC(=O)Cc1ccc(NC(=O)c2ccccc2-c2ccc(C(F)(F)F)cc2)c(Br)c1)(C(=O)OCC)c1ccccc1. The number of alkyl halides is 3. The molecular formula is C36H31BrF3NO7. The summed E-state index contributed by atoms with van der Waals surface area (Å²) in [4.78, 5) is 52.6. The summed E-state index contributed by atoms with van der Waals surface area (Å²) >= 11 is 3.41. The van der Waals surface area contributed by atoms with Crippen LogP contribution in [0.4, 0.5) is 18.9 Å². The van der Waals surface area contributed by atoms with E-state index in [0.29, 0.717) is 26.9 Å². The van der Waals surface area contributed by atoms with Crippen molar-refractivity contribution in [2.45, 2.75) is 31.9 Å². The maximum absolute atomic E-state index is 13.3. The molecule has 12 heteroatoms. The van der Waals surface area contributed by atoms with Gasteiger partial charge in [0.2, 0.25) is 5.41 Å². The zero-order valence-corrected chi connectivity index (χ0v) is 27.5. The minimum Gasteiger partial charge on any atom is -0.465 e. The van der Waals surface area contributed by atoms with Gasteiger partial charge in [-0.2, -0.15) is 13.2 Å². The Morgan fingerprint density at radius 2 is 1.33 bits per heavy atom. The van der Waals surface area contributed by atoms with Crippen LogP contribution in [0.3, 0.4) is 0 Å². The monoisotopic (exact) mass is 725 g/mol. The summed E-state index contributed by atoms with van der Waals surface area (Å²) in [6.07, 6.45) is -4.72. The number of anilines is 1. The molecule has 0 heterocycles. The summed E-state index contributed by atoms with van der Waals surface area (Å²) in [5.41, 5.74) is -0.608. The minimum absolute atomic E-state index is 0.0156. The summed E-state index contributed by atoms with van der Waals surface area (Å²) in [6, 6.07) is 23.9. The average Bonchev–Trinajstić information content (AvgIpc) is 3.06. The first-order valence-electron chi connectivity index (χ1n) is 14.8. The molecule has 0 aliphatic carbocycles. The number of benzene rings is 4.